The van der Waals surface area contributed by atoms with Gasteiger partial charge in [-0.05, 0) is 61.4 Å². The molecule has 78 heavy (non-hydrogen) atoms. The Labute approximate surface area is 471 Å². The number of piperazine rings is 1. The van der Waals surface area contributed by atoms with Crippen LogP contribution in [0.15, 0.2) is 60.2 Å². The number of ether oxygens (including phenoxy) is 5. The predicted molar refractivity (Wildman–Crippen MR) is 304 cm³/mol. The van der Waals surface area contributed by atoms with E-state index in [0.717, 1.165) is 93.1 Å². The van der Waals surface area contributed by atoms with Gasteiger partial charge in [-0.15, -0.1) is 11.3 Å². The lowest BCUT2D eigenvalue weighted by atomic mass is 9.85. The van der Waals surface area contributed by atoms with E-state index < -0.39 is 35.4 Å². The molecule has 18 nitrogen and oxygen atoms in total. The van der Waals surface area contributed by atoms with E-state index in [9.17, 15) is 24.8 Å². The standard InChI is InChI=1S/C57H73Cl2N9O9S/c1-37-53(78-36-63-37)39-14-12-38(13-15-39)32-62-55(71)47-26-41(69)34-68(47)56(72)54(57(2,3)4)65-51(70)35-76-25-24-75-22-10-8-7-9-16-66-18-20-67(21-19-66)17-11-23-77-50-29-45-42(27-49(50)74-6)52(40(31-60)33-61-45)64-46-30-48(73-5)44(59)28-43(46)58/h12-15,27-30,33,36,41,47,54,69H,7-11,16-26,32,34-35H2,1-6H3,(H,61,64)(H,62,71)(H,65,70)/t41-,47+,54?/m1/s1. The molecule has 21 heteroatoms. The van der Waals surface area contributed by atoms with E-state index in [1.54, 1.807) is 30.6 Å². The Morgan fingerprint density at radius 2 is 1.56 bits per heavy atom. The van der Waals surface area contributed by atoms with E-state index >= 15 is 0 Å². The second kappa shape index (κ2) is 28.9. The van der Waals surface area contributed by atoms with Crippen LogP contribution in [0.2, 0.25) is 10.0 Å². The first-order chi connectivity index (χ1) is 37.6. The number of β-amino-alcohol motifs (C(OH)–C–C–N with tert-alkyl or cyclic N) is 1. The van der Waals surface area contributed by atoms with Crippen molar-refractivity contribution >= 4 is 74.5 Å². The molecule has 0 bridgehead atoms. The number of thiazole rings is 1. The third-order valence-corrected chi connectivity index (χ3v) is 15.5. The predicted octanol–water partition coefficient (Wildman–Crippen LogP) is 8.40. The molecule has 3 amide bonds. The number of pyridine rings is 1. The summed E-state index contributed by atoms with van der Waals surface area (Å²) in [5, 5.41) is 31.0. The molecule has 0 saturated carbocycles. The maximum absolute atomic E-state index is 14.0. The minimum absolute atomic E-state index is 0.00394. The van der Waals surface area contributed by atoms with Gasteiger partial charge in [-0.1, -0.05) is 81.1 Å². The van der Waals surface area contributed by atoms with Gasteiger partial charge in [-0.25, -0.2) is 4.98 Å². The number of aromatic nitrogens is 2. The largest absolute Gasteiger partial charge is 0.495 e. The summed E-state index contributed by atoms with van der Waals surface area (Å²) >= 11 is 14.3. The van der Waals surface area contributed by atoms with Crippen LogP contribution in [-0.2, 0) is 30.4 Å². The number of anilines is 2. The number of unbranched alkanes of at least 4 members (excludes halogenated alkanes) is 3. The summed E-state index contributed by atoms with van der Waals surface area (Å²) in [4.78, 5) is 56.8. The fourth-order valence-electron chi connectivity index (χ4n) is 9.58. The molecule has 1 unspecified atom stereocenters. The summed E-state index contributed by atoms with van der Waals surface area (Å²) in [5.74, 6) is 0.302. The summed E-state index contributed by atoms with van der Waals surface area (Å²) in [7, 11) is 3.10. The highest BCUT2D eigenvalue weighted by Crippen LogP contribution is 2.41. The highest BCUT2D eigenvalue weighted by molar-refractivity contribution is 7.13. The first kappa shape index (κ1) is 59.8. The number of aliphatic hydroxyl groups excluding tert-OH is 1. The number of amides is 3. The van der Waals surface area contributed by atoms with Crippen LogP contribution in [-0.4, -0.2) is 159 Å². The molecule has 3 atom stereocenters. The molecule has 4 heterocycles. The monoisotopic (exact) mass is 1130 g/mol. The number of benzene rings is 3. The molecule has 0 spiro atoms. The lowest BCUT2D eigenvalue weighted by Gasteiger charge is -2.35. The number of hydrogen-bond donors (Lipinski definition) is 4. The third-order valence-electron chi connectivity index (χ3n) is 13.9. The van der Waals surface area contributed by atoms with Gasteiger partial charge in [0.1, 0.15) is 30.5 Å². The molecule has 2 fully saturated rings. The molecule has 2 aliphatic rings. The maximum atomic E-state index is 14.0. The van der Waals surface area contributed by atoms with Gasteiger partial charge < -0.3 is 59.4 Å². The lowest BCUT2D eigenvalue weighted by molar-refractivity contribution is -0.144. The molecule has 4 N–H and O–H groups in total. The summed E-state index contributed by atoms with van der Waals surface area (Å²) < 4.78 is 28.7. The molecule has 2 aromatic heterocycles. The first-order valence-corrected chi connectivity index (χ1v) is 28.2. The number of likely N-dealkylation sites (tertiary alicyclic amines) is 1. The van der Waals surface area contributed by atoms with E-state index in [2.05, 4.69) is 41.8 Å². The molecule has 3 aromatic carbocycles. The van der Waals surface area contributed by atoms with Crippen molar-refractivity contribution in [2.45, 2.75) is 91.0 Å². The highest BCUT2D eigenvalue weighted by Gasteiger charge is 2.44. The molecule has 5 aromatic rings. The zero-order chi connectivity index (χ0) is 55.8. The number of carbonyl (C=O) groups is 3. The zero-order valence-electron chi connectivity index (χ0n) is 45.5. The topological polar surface area (TPSA) is 213 Å². The Balaban J connectivity index is 0.725. The smallest absolute Gasteiger partial charge is 0.246 e. The Morgan fingerprint density at radius 3 is 2.24 bits per heavy atom. The fourth-order valence-corrected chi connectivity index (χ4v) is 10.9. The molecular weight excluding hydrogens is 1060 g/mol. The average Bonchev–Trinajstić information content (AvgIpc) is 4.11. The number of aliphatic hydroxyl groups is 1. The summed E-state index contributed by atoms with van der Waals surface area (Å²) in [6.45, 7) is 15.3. The SMILES string of the molecule is COc1cc(Nc2c(C#N)cnc3cc(OCCCN4CCN(CCCCCCOCCOCC(=O)NC(C(=O)N5C[C@H](O)C[C@H]5C(=O)NCc5ccc(-c6scnc6C)cc5)C(C)(C)C)CC4)c(OC)cc23)c(Cl)cc1Cl. The van der Waals surface area contributed by atoms with Gasteiger partial charge in [-0.3, -0.25) is 19.4 Å². The van der Waals surface area contributed by atoms with Crippen molar-refractivity contribution in [1.29, 1.82) is 5.26 Å². The van der Waals surface area contributed by atoms with Crippen LogP contribution in [0.25, 0.3) is 21.3 Å². The minimum Gasteiger partial charge on any atom is -0.495 e. The number of hydrogen-bond acceptors (Lipinski definition) is 16. The van der Waals surface area contributed by atoms with Crippen molar-refractivity contribution in [3.05, 3.63) is 87.1 Å². The molecule has 7 rings (SSSR count). The Bertz CT molecular complexity index is 2850. The van der Waals surface area contributed by atoms with Crippen molar-refractivity contribution < 1.29 is 43.2 Å². The molecular formula is C57H73Cl2N9O9S. The molecule has 0 aliphatic carbocycles. The van der Waals surface area contributed by atoms with Crippen LogP contribution in [0, 0.1) is 23.7 Å². The van der Waals surface area contributed by atoms with E-state index in [0.29, 0.717) is 75.0 Å². The normalized spacial score (nSPS) is 16.4. The molecule has 2 saturated heterocycles. The van der Waals surface area contributed by atoms with Crippen molar-refractivity contribution in [2.24, 2.45) is 5.41 Å². The van der Waals surface area contributed by atoms with Gasteiger partial charge in [0, 0.05) is 82.6 Å². The number of nitrogens with zero attached hydrogens (tertiary/aromatic N) is 6. The van der Waals surface area contributed by atoms with Crippen LogP contribution in [0.5, 0.6) is 17.2 Å². The van der Waals surface area contributed by atoms with Crippen molar-refractivity contribution in [2.75, 3.05) is 98.4 Å². The number of halogens is 2. The van der Waals surface area contributed by atoms with Crippen LogP contribution >= 0.6 is 34.5 Å². The molecule has 420 valence electrons. The number of aryl methyl sites for hydroxylation is 1. The first-order valence-electron chi connectivity index (χ1n) is 26.6. The zero-order valence-corrected chi connectivity index (χ0v) is 47.8. The second-order valence-corrected chi connectivity index (χ2v) is 22.3. The lowest BCUT2D eigenvalue weighted by Crippen LogP contribution is -2.58. The number of nitrogens with one attached hydrogen (secondary N) is 3. The van der Waals surface area contributed by atoms with Gasteiger partial charge >= 0.3 is 0 Å². The van der Waals surface area contributed by atoms with Gasteiger partial charge in [0.2, 0.25) is 17.7 Å². The Morgan fingerprint density at radius 1 is 0.859 bits per heavy atom. The van der Waals surface area contributed by atoms with Crippen molar-refractivity contribution in [1.82, 2.24) is 35.3 Å². The van der Waals surface area contributed by atoms with E-state index in [1.165, 1.54) is 18.2 Å². The number of fused-ring (bicyclic) bond motifs is 1. The van der Waals surface area contributed by atoms with Crippen LogP contribution < -0.4 is 30.2 Å². The van der Waals surface area contributed by atoms with Crippen LogP contribution in [0.4, 0.5) is 11.4 Å². The fraction of sp³-hybridized carbons (Fsp3) is 0.509. The summed E-state index contributed by atoms with van der Waals surface area (Å²) in [6, 6.07) is 15.2. The summed E-state index contributed by atoms with van der Waals surface area (Å²) in [5.41, 5.74) is 6.05. The van der Waals surface area contributed by atoms with Gasteiger partial charge in [0.15, 0.2) is 11.5 Å². The number of nitriles is 1. The number of carbonyl (C=O) groups excluding carboxylic acids is 3. The van der Waals surface area contributed by atoms with Crippen LogP contribution in [0.3, 0.4) is 0 Å². The number of methoxy groups -OCH3 is 2. The van der Waals surface area contributed by atoms with E-state index in [4.69, 9.17) is 46.9 Å². The average molecular weight is 1130 g/mol. The Kier molecular flexibility index (Phi) is 22.2. The molecule has 0 radical (unpaired) electrons. The van der Waals surface area contributed by atoms with Crippen molar-refractivity contribution in [3.63, 3.8) is 0 Å². The highest BCUT2D eigenvalue weighted by atomic mass is 35.5. The number of rotatable bonds is 27. The second-order valence-electron chi connectivity index (χ2n) is 20.7. The Hall–Kier alpha value is -5.82. The quantitative estimate of drug-likeness (QED) is 0.0364. The van der Waals surface area contributed by atoms with Gasteiger partial charge in [0.05, 0.1) is 88.7 Å². The van der Waals surface area contributed by atoms with Crippen molar-refractivity contribution in [3.8, 4) is 33.8 Å². The van der Waals surface area contributed by atoms with E-state index in [1.807, 2.05) is 69.6 Å². The third kappa shape index (κ3) is 16.4. The van der Waals surface area contributed by atoms with E-state index in [-0.39, 0.29) is 38.6 Å². The molecule has 2 aliphatic heterocycles. The minimum atomic E-state index is -0.944. The van der Waals surface area contributed by atoms with Gasteiger partial charge in [0.25, 0.3) is 0 Å². The van der Waals surface area contributed by atoms with Gasteiger partial charge in [-0.2, -0.15) is 5.26 Å². The summed E-state index contributed by atoms with van der Waals surface area (Å²) in [6.07, 6.45) is 5.85. The maximum Gasteiger partial charge on any atom is 0.246 e. The van der Waals surface area contributed by atoms with Crippen LogP contribution in [0.1, 0.15) is 76.1 Å².